The number of aliphatic hydroxyl groups excluding tert-OH is 1. The quantitative estimate of drug-likeness (QED) is 0.219. The molecule has 1 aromatic heterocycles. The van der Waals surface area contributed by atoms with Crippen LogP contribution in [0.5, 0.6) is 5.75 Å². The van der Waals surface area contributed by atoms with Crippen LogP contribution in [0.2, 0.25) is 10.0 Å². The molecule has 1 atom stereocenters. The lowest BCUT2D eigenvalue weighted by atomic mass is 9.95. The summed E-state index contributed by atoms with van der Waals surface area (Å²) in [5, 5.41) is 11.7. The lowest BCUT2D eigenvalue weighted by Crippen LogP contribution is -2.29. The molecule has 1 N–H and O–H groups in total. The number of likely N-dealkylation sites (tertiary alicyclic amines) is 1. The third-order valence-electron chi connectivity index (χ3n) is 6.43. The summed E-state index contributed by atoms with van der Waals surface area (Å²) in [5.74, 6) is -1.62. The Morgan fingerprint density at radius 3 is 2.27 bits per heavy atom. The van der Waals surface area contributed by atoms with E-state index in [1.807, 2.05) is 30.3 Å². The third-order valence-corrected chi connectivity index (χ3v) is 6.99. The molecule has 0 spiro atoms. The van der Waals surface area contributed by atoms with Gasteiger partial charge in [-0.05, 0) is 55.3 Å². The molecule has 9 heteroatoms. The zero-order valence-corrected chi connectivity index (χ0v) is 22.3. The second kappa shape index (κ2) is 11.2. The van der Waals surface area contributed by atoms with Crippen molar-refractivity contribution in [3.63, 3.8) is 0 Å². The molecule has 0 radical (unpaired) electrons. The van der Waals surface area contributed by atoms with Crippen LogP contribution in [0.25, 0.3) is 5.76 Å². The highest BCUT2D eigenvalue weighted by Crippen LogP contribution is 2.42. The summed E-state index contributed by atoms with van der Waals surface area (Å²) in [6, 6.07) is 13.3. The second-order valence-electron chi connectivity index (χ2n) is 8.53. The minimum Gasteiger partial charge on any atom is -0.507 e. The number of ether oxygens (including phenoxy) is 1. The van der Waals surface area contributed by atoms with Crippen LogP contribution < -0.4 is 9.64 Å². The van der Waals surface area contributed by atoms with E-state index in [2.05, 4.69) is 23.7 Å². The Kier molecular flexibility index (Phi) is 8.05. The minimum absolute atomic E-state index is 0.0400. The highest BCUT2D eigenvalue weighted by atomic mass is 35.5. The number of methoxy groups -OCH3 is 1. The number of nitrogens with zero attached hydrogens (tertiary/aromatic N) is 3. The van der Waals surface area contributed by atoms with Crippen LogP contribution in [0.4, 0.5) is 5.69 Å². The number of hydrogen-bond acceptors (Lipinski definition) is 6. The predicted molar refractivity (Wildman–Crippen MR) is 145 cm³/mol. The fourth-order valence-electron chi connectivity index (χ4n) is 4.58. The van der Waals surface area contributed by atoms with Crippen molar-refractivity contribution in [2.24, 2.45) is 0 Å². The van der Waals surface area contributed by atoms with E-state index >= 15 is 0 Å². The number of benzene rings is 2. The number of aliphatic hydroxyl groups is 1. The molecular weight excluding hydrogens is 513 g/mol. The molecular formula is C28H27Cl2N3O4. The normalized spacial score (nSPS) is 16.8. The molecule has 1 aliphatic heterocycles. The first-order valence-corrected chi connectivity index (χ1v) is 12.6. The lowest BCUT2D eigenvalue weighted by molar-refractivity contribution is -0.140. The number of rotatable bonds is 8. The SMILES string of the molecule is CCN(CC)c1ccc(C2/C(=C(\O)c3cc(Cl)c(OC)c(Cl)c3)C(=O)C(=O)N2Cc2cccnc2)cc1. The third kappa shape index (κ3) is 5.15. The molecule has 37 heavy (non-hydrogen) atoms. The summed E-state index contributed by atoms with van der Waals surface area (Å²) >= 11 is 12.6. The highest BCUT2D eigenvalue weighted by molar-refractivity contribution is 6.46. The second-order valence-corrected chi connectivity index (χ2v) is 9.34. The number of anilines is 1. The number of ketones is 1. The molecule has 0 bridgehead atoms. The van der Waals surface area contributed by atoms with Gasteiger partial charge in [-0.25, -0.2) is 0 Å². The Labute approximate surface area is 225 Å². The van der Waals surface area contributed by atoms with Crippen molar-refractivity contribution in [3.8, 4) is 5.75 Å². The molecule has 4 rings (SSSR count). The van der Waals surface area contributed by atoms with Crippen molar-refractivity contribution in [1.82, 2.24) is 9.88 Å². The average molecular weight is 540 g/mol. The molecule has 0 saturated carbocycles. The molecule has 1 amide bonds. The first-order chi connectivity index (χ1) is 17.8. The molecule has 1 aliphatic rings. The molecule has 2 heterocycles. The Morgan fingerprint density at radius 2 is 1.73 bits per heavy atom. The van der Waals surface area contributed by atoms with Gasteiger partial charge in [-0.3, -0.25) is 14.6 Å². The summed E-state index contributed by atoms with van der Waals surface area (Å²) in [4.78, 5) is 34.4. The summed E-state index contributed by atoms with van der Waals surface area (Å²) in [6.45, 7) is 5.97. The average Bonchev–Trinajstić information content (AvgIpc) is 3.14. The van der Waals surface area contributed by atoms with E-state index in [4.69, 9.17) is 27.9 Å². The number of aromatic nitrogens is 1. The number of halogens is 2. The van der Waals surface area contributed by atoms with Gasteiger partial charge in [0.1, 0.15) is 5.76 Å². The zero-order chi connectivity index (χ0) is 26.7. The van der Waals surface area contributed by atoms with E-state index in [-0.39, 0.29) is 39.2 Å². The van der Waals surface area contributed by atoms with Crippen LogP contribution in [0, 0.1) is 0 Å². The highest BCUT2D eigenvalue weighted by Gasteiger charge is 2.46. The molecule has 1 fully saturated rings. The van der Waals surface area contributed by atoms with Crippen molar-refractivity contribution in [2.45, 2.75) is 26.4 Å². The number of Topliss-reactive ketones (excluding diaryl/α,β-unsaturated/α-hetero) is 1. The number of carbonyl (C=O) groups is 2. The van der Waals surface area contributed by atoms with Crippen LogP contribution >= 0.6 is 23.2 Å². The van der Waals surface area contributed by atoms with Crippen LogP contribution in [-0.2, 0) is 16.1 Å². The molecule has 2 aromatic carbocycles. The van der Waals surface area contributed by atoms with E-state index in [0.717, 1.165) is 24.3 Å². The maximum atomic E-state index is 13.3. The van der Waals surface area contributed by atoms with Gasteiger partial charge in [0.15, 0.2) is 5.75 Å². The van der Waals surface area contributed by atoms with E-state index in [1.165, 1.54) is 24.1 Å². The van der Waals surface area contributed by atoms with Gasteiger partial charge < -0.3 is 19.6 Å². The lowest BCUT2D eigenvalue weighted by Gasteiger charge is -2.26. The standard InChI is InChI=1S/C28H27Cl2N3O4/c1-4-32(5-2)20-10-8-18(9-11-20)24-23(25(34)19-13-21(29)27(37-3)22(30)14-19)26(35)28(36)33(24)16-17-7-6-12-31-15-17/h6-15,24,34H,4-5,16H2,1-3H3/b25-23+. The first-order valence-electron chi connectivity index (χ1n) is 11.9. The maximum absolute atomic E-state index is 13.3. The van der Waals surface area contributed by atoms with E-state index in [1.54, 1.807) is 18.5 Å². The van der Waals surface area contributed by atoms with Crippen LogP contribution in [0.3, 0.4) is 0 Å². The van der Waals surface area contributed by atoms with Crippen molar-refractivity contribution in [2.75, 3.05) is 25.1 Å². The summed E-state index contributed by atoms with van der Waals surface area (Å²) in [6.07, 6.45) is 3.28. The molecule has 1 saturated heterocycles. The van der Waals surface area contributed by atoms with Gasteiger partial charge in [-0.1, -0.05) is 41.4 Å². The number of amides is 1. The Bertz CT molecular complexity index is 1320. The van der Waals surface area contributed by atoms with Gasteiger partial charge in [0.05, 0.1) is 28.8 Å². The molecule has 3 aromatic rings. The summed E-state index contributed by atoms with van der Waals surface area (Å²) in [5.41, 5.74) is 2.63. The minimum atomic E-state index is -0.828. The topological polar surface area (TPSA) is 83.0 Å². The van der Waals surface area contributed by atoms with Crippen molar-refractivity contribution in [1.29, 1.82) is 0 Å². The van der Waals surface area contributed by atoms with Crippen molar-refractivity contribution >= 4 is 46.3 Å². The van der Waals surface area contributed by atoms with Crippen molar-refractivity contribution < 1.29 is 19.4 Å². The van der Waals surface area contributed by atoms with Crippen molar-refractivity contribution in [3.05, 3.63) is 93.2 Å². The summed E-state index contributed by atoms with van der Waals surface area (Å²) < 4.78 is 5.20. The fourth-order valence-corrected chi connectivity index (χ4v) is 5.22. The van der Waals surface area contributed by atoms with E-state index < -0.39 is 17.7 Å². The van der Waals surface area contributed by atoms with E-state index in [0.29, 0.717) is 5.56 Å². The number of carbonyl (C=O) groups excluding carboxylic acids is 2. The van der Waals surface area contributed by atoms with Gasteiger partial charge >= 0.3 is 0 Å². The molecule has 1 unspecified atom stereocenters. The molecule has 7 nitrogen and oxygen atoms in total. The number of pyridine rings is 1. The maximum Gasteiger partial charge on any atom is 0.295 e. The Hall–Kier alpha value is -3.55. The summed E-state index contributed by atoms with van der Waals surface area (Å²) in [7, 11) is 1.43. The van der Waals surface area contributed by atoms with Gasteiger partial charge in [0.25, 0.3) is 11.7 Å². The zero-order valence-electron chi connectivity index (χ0n) is 20.7. The van der Waals surface area contributed by atoms with Gasteiger partial charge in [0, 0.05) is 43.3 Å². The van der Waals surface area contributed by atoms with Crippen LogP contribution in [-0.4, -0.2) is 46.9 Å². The van der Waals surface area contributed by atoms with E-state index in [9.17, 15) is 14.7 Å². The number of hydrogen-bond donors (Lipinski definition) is 1. The fraction of sp³-hybridized carbons (Fsp3) is 0.250. The van der Waals surface area contributed by atoms with Crippen LogP contribution in [0.15, 0.2) is 66.5 Å². The predicted octanol–water partition coefficient (Wildman–Crippen LogP) is 5.87. The largest absolute Gasteiger partial charge is 0.507 e. The Morgan fingerprint density at radius 1 is 1.08 bits per heavy atom. The van der Waals surface area contributed by atoms with Gasteiger partial charge in [-0.15, -0.1) is 0 Å². The molecule has 0 aliphatic carbocycles. The first kappa shape index (κ1) is 26.5. The monoisotopic (exact) mass is 539 g/mol. The molecule has 192 valence electrons. The smallest absolute Gasteiger partial charge is 0.295 e. The van der Waals surface area contributed by atoms with Gasteiger partial charge in [0.2, 0.25) is 0 Å². The van der Waals surface area contributed by atoms with Gasteiger partial charge in [-0.2, -0.15) is 0 Å². The Balaban J connectivity index is 1.86. The van der Waals surface area contributed by atoms with Crippen LogP contribution in [0.1, 0.15) is 36.6 Å².